The van der Waals surface area contributed by atoms with Crippen LogP contribution in [0.2, 0.25) is 0 Å². The first-order valence-electron chi connectivity index (χ1n) is 6.27. The molecule has 0 aliphatic heterocycles. The van der Waals surface area contributed by atoms with Crippen molar-refractivity contribution in [2.24, 2.45) is 0 Å². The molecule has 2 rings (SSSR count). The molecule has 0 aromatic heterocycles. The highest BCUT2D eigenvalue weighted by atomic mass is 32.2. The molecule has 0 fully saturated rings. The summed E-state index contributed by atoms with van der Waals surface area (Å²) in [5.74, 6) is -0.437. The molecule has 21 heavy (non-hydrogen) atoms. The molecule has 2 aromatic carbocycles. The third kappa shape index (κ3) is 3.57. The molecule has 0 spiro atoms. The molecule has 0 radical (unpaired) electrons. The summed E-state index contributed by atoms with van der Waals surface area (Å²) in [5, 5.41) is 0. The first-order valence-corrected chi connectivity index (χ1v) is 8.98. The highest BCUT2D eigenvalue weighted by Gasteiger charge is 2.20. The zero-order valence-electron chi connectivity index (χ0n) is 12.0. The van der Waals surface area contributed by atoms with Gasteiger partial charge in [-0.15, -0.1) is 11.8 Å². The lowest BCUT2D eigenvalue weighted by atomic mass is 10.1. The van der Waals surface area contributed by atoms with E-state index in [2.05, 4.69) is 4.72 Å². The molecule has 0 amide bonds. The van der Waals surface area contributed by atoms with Gasteiger partial charge in [-0.1, -0.05) is 0 Å². The molecule has 6 heteroatoms. The summed E-state index contributed by atoms with van der Waals surface area (Å²) in [6, 6.07) is 9.53. The third-order valence-electron chi connectivity index (χ3n) is 3.04. The second-order valence-corrected chi connectivity index (χ2v) is 7.20. The van der Waals surface area contributed by atoms with Crippen LogP contribution in [0.5, 0.6) is 0 Å². The van der Waals surface area contributed by atoms with E-state index in [-0.39, 0.29) is 4.90 Å². The summed E-state index contributed by atoms with van der Waals surface area (Å²) in [4.78, 5) is 1.17. The van der Waals surface area contributed by atoms with Crippen LogP contribution in [0.25, 0.3) is 0 Å². The zero-order chi connectivity index (χ0) is 15.6. The Morgan fingerprint density at radius 2 is 1.57 bits per heavy atom. The SMILES string of the molecule is CSc1ccc(NS(=O)(=O)c2c(C)cc(F)cc2C)cc1. The molecule has 0 saturated carbocycles. The van der Waals surface area contributed by atoms with Crippen molar-refractivity contribution in [2.45, 2.75) is 23.6 Å². The van der Waals surface area contributed by atoms with Gasteiger partial charge in [-0.3, -0.25) is 4.72 Å². The number of benzene rings is 2. The Bertz CT molecular complexity index is 733. The number of hydrogen-bond acceptors (Lipinski definition) is 3. The maximum atomic E-state index is 13.3. The van der Waals surface area contributed by atoms with Gasteiger partial charge >= 0.3 is 0 Å². The van der Waals surface area contributed by atoms with Crippen molar-refractivity contribution in [3.63, 3.8) is 0 Å². The fourth-order valence-corrected chi connectivity index (χ4v) is 4.11. The van der Waals surface area contributed by atoms with Crippen LogP contribution in [0.15, 0.2) is 46.2 Å². The number of thioether (sulfide) groups is 1. The van der Waals surface area contributed by atoms with Crippen molar-refractivity contribution >= 4 is 27.5 Å². The van der Waals surface area contributed by atoms with Crippen LogP contribution < -0.4 is 4.72 Å². The van der Waals surface area contributed by atoms with Gasteiger partial charge in [0.2, 0.25) is 0 Å². The highest BCUT2D eigenvalue weighted by Crippen LogP contribution is 2.25. The van der Waals surface area contributed by atoms with Crippen LogP contribution in [0.3, 0.4) is 0 Å². The van der Waals surface area contributed by atoms with Gasteiger partial charge in [0.1, 0.15) is 5.82 Å². The van der Waals surface area contributed by atoms with Crippen molar-refractivity contribution < 1.29 is 12.8 Å². The normalized spacial score (nSPS) is 11.4. The lowest BCUT2D eigenvalue weighted by molar-refractivity contribution is 0.597. The lowest BCUT2D eigenvalue weighted by Crippen LogP contribution is -2.16. The van der Waals surface area contributed by atoms with Gasteiger partial charge in [-0.25, -0.2) is 12.8 Å². The molecule has 0 bridgehead atoms. The van der Waals surface area contributed by atoms with Crippen molar-refractivity contribution in [2.75, 3.05) is 11.0 Å². The second kappa shape index (κ2) is 6.07. The molecular formula is C15H16FNO2S2. The Hall–Kier alpha value is -1.53. The zero-order valence-corrected chi connectivity index (χ0v) is 13.6. The van der Waals surface area contributed by atoms with Crippen molar-refractivity contribution in [3.05, 3.63) is 53.3 Å². The van der Waals surface area contributed by atoms with Gasteiger partial charge in [0.25, 0.3) is 10.0 Å². The Kier molecular flexibility index (Phi) is 4.58. The predicted molar refractivity (Wildman–Crippen MR) is 84.9 cm³/mol. The minimum atomic E-state index is -3.73. The average molecular weight is 325 g/mol. The standard InChI is InChI=1S/C15H16FNO2S2/c1-10-8-12(16)9-11(2)15(10)21(18,19)17-13-4-6-14(20-3)7-5-13/h4-9,17H,1-3H3. The van der Waals surface area contributed by atoms with Crippen LogP contribution in [0, 0.1) is 19.7 Å². The van der Waals surface area contributed by atoms with Crippen LogP contribution in [0.1, 0.15) is 11.1 Å². The fourth-order valence-electron chi connectivity index (χ4n) is 2.19. The predicted octanol–water partition coefficient (Wildman–Crippen LogP) is 3.97. The third-order valence-corrected chi connectivity index (χ3v) is 5.47. The van der Waals surface area contributed by atoms with Gasteiger partial charge in [0, 0.05) is 10.6 Å². The molecule has 0 aliphatic carbocycles. The van der Waals surface area contributed by atoms with Crippen LogP contribution >= 0.6 is 11.8 Å². The van der Waals surface area contributed by atoms with Crippen LogP contribution in [-0.4, -0.2) is 14.7 Å². The molecule has 0 heterocycles. The topological polar surface area (TPSA) is 46.2 Å². The maximum absolute atomic E-state index is 13.3. The summed E-state index contributed by atoms with van der Waals surface area (Å²) in [6.07, 6.45) is 1.95. The number of anilines is 1. The van der Waals surface area contributed by atoms with Gasteiger partial charge < -0.3 is 0 Å². The molecule has 0 aliphatic rings. The smallest absolute Gasteiger partial charge is 0.262 e. The molecule has 1 N–H and O–H groups in total. The van der Waals surface area contributed by atoms with E-state index in [4.69, 9.17) is 0 Å². The lowest BCUT2D eigenvalue weighted by Gasteiger charge is -2.13. The Labute approximate surface area is 128 Å². The van der Waals surface area contributed by atoms with Crippen molar-refractivity contribution in [3.8, 4) is 0 Å². The molecule has 112 valence electrons. The molecule has 3 nitrogen and oxygen atoms in total. The molecule has 0 unspecified atom stereocenters. The van der Waals surface area contributed by atoms with E-state index in [9.17, 15) is 12.8 Å². The number of sulfonamides is 1. The number of halogens is 1. The summed E-state index contributed by atoms with van der Waals surface area (Å²) in [7, 11) is -3.73. The minimum Gasteiger partial charge on any atom is -0.280 e. The summed E-state index contributed by atoms with van der Waals surface area (Å²) in [5.41, 5.74) is 1.26. The second-order valence-electron chi connectivity index (χ2n) is 4.70. The first kappa shape index (κ1) is 15.9. The maximum Gasteiger partial charge on any atom is 0.262 e. The number of rotatable bonds is 4. The van der Waals surface area contributed by atoms with Gasteiger partial charge in [0.05, 0.1) is 4.90 Å². The van der Waals surface area contributed by atoms with E-state index >= 15 is 0 Å². The summed E-state index contributed by atoms with van der Waals surface area (Å²) < 4.78 is 40.8. The minimum absolute atomic E-state index is 0.123. The Morgan fingerprint density at radius 3 is 2.05 bits per heavy atom. The molecule has 0 atom stereocenters. The van der Waals surface area contributed by atoms with E-state index in [0.29, 0.717) is 16.8 Å². The Balaban J connectivity index is 2.38. The number of nitrogens with one attached hydrogen (secondary N) is 1. The van der Waals surface area contributed by atoms with Crippen molar-refractivity contribution in [1.82, 2.24) is 0 Å². The van der Waals surface area contributed by atoms with Gasteiger partial charge in [0.15, 0.2) is 0 Å². The molecule has 0 saturated heterocycles. The highest BCUT2D eigenvalue weighted by molar-refractivity contribution is 7.98. The van der Waals surface area contributed by atoms with E-state index in [1.807, 2.05) is 18.4 Å². The van der Waals surface area contributed by atoms with E-state index in [1.165, 1.54) is 12.1 Å². The average Bonchev–Trinajstić information content (AvgIpc) is 2.37. The Morgan fingerprint density at radius 1 is 1.05 bits per heavy atom. The quantitative estimate of drug-likeness (QED) is 0.865. The number of hydrogen-bond donors (Lipinski definition) is 1. The molecular weight excluding hydrogens is 309 g/mol. The summed E-state index contributed by atoms with van der Waals surface area (Å²) >= 11 is 1.58. The molecule has 2 aromatic rings. The van der Waals surface area contributed by atoms with Gasteiger partial charge in [-0.05, 0) is 67.6 Å². The van der Waals surface area contributed by atoms with Crippen LogP contribution in [0.4, 0.5) is 10.1 Å². The van der Waals surface area contributed by atoms with E-state index in [0.717, 1.165) is 4.90 Å². The van der Waals surface area contributed by atoms with E-state index < -0.39 is 15.8 Å². The number of aryl methyl sites for hydroxylation is 2. The van der Waals surface area contributed by atoms with E-state index in [1.54, 1.807) is 37.7 Å². The van der Waals surface area contributed by atoms with Crippen molar-refractivity contribution in [1.29, 1.82) is 0 Å². The first-order chi connectivity index (χ1) is 9.83. The monoisotopic (exact) mass is 325 g/mol. The largest absolute Gasteiger partial charge is 0.280 e. The van der Waals surface area contributed by atoms with Gasteiger partial charge in [-0.2, -0.15) is 0 Å². The fraction of sp³-hybridized carbons (Fsp3) is 0.200. The summed E-state index contributed by atoms with van der Waals surface area (Å²) in [6.45, 7) is 3.17. The van der Waals surface area contributed by atoms with Crippen LogP contribution in [-0.2, 0) is 10.0 Å².